The molecule has 18 heavy (non-hydrogen) atoms. The molecule has 0 aliphatic carbocycles. The quantitative estimate of drug-likeness (QED) is 0.827. The lowest BCUT2D eigenvalue weighted by atomic mass is 10.4. The molecule has 96 valence electrons. The Balaban J connectivity index is 2.83. The van der Waals surface area contributed by atoms with Crippen LogP contribution < -0.4 is 16.0 Å². The van der Waals surface area contributed by atoms with Gasteiger partial charge >= 0.3 is 0 Å². The van der Waals surface area contributed by atoms with Gasteiger partial charge in [-0.3, -0.25) is 9.36 Å². The number of anilines is 1. The normalized spacial score (nSPS) is 11.2. The fourth-order valence-electron chi connectivity index (χ4n) is 1.63. The van der Waals surface area contributed by atoms with E-state index in [1.807, 2.05) is 13.8 Å². The highest BCUT2D eigenvalue weighted by atomic mass is 16.5. The zero-order valence-corrected chi connectivity index (χ0v) is 10.8. The molecule has 0 unspecified atom stereocenters. The third kappa shape index (κ3) is 1.99. The van der Waals surface area contributed by atoms with Gasteiger partial charge in [0.25, 0.3) is 5.56 Å². The molecule has 0 aliphatic rings. The van der Waals surface area contributed by atoms with Crippen molar-refractivity contribution in [3.63, 3.8) is 0 Å². The summed E-state index contributed by atoms with van der Waals surface area (Å²) in [6.45, 7) is 5.38. The zero-order chi connectivity index (χ0) is 13.4. The van der Waals surface area contributed by atoms with E-state index in [0.29, 0.717) is 22.7 Å². The van der Waals surface area contributed by atoms with Crippen molar-refractivity contribution in [2.24, 2.45) is 7.05 Å². The first-order valence-corrected chi connectivity index (χ1v) is 5.57. The maximum atomic E-state index is 11.8. The van der Waals surface area contributed by atoms with Gasteiger partial charge in [-0.25, -0.2) is 4.98 Å². The summed E-state index contributed by atoms with van der Waals surface area (Å²) in [5.41, 5.74) is 6.58. The summed E-state index contributed by atoms with van der Waals surface area (Å²) in [7, 11) is 1.62. The van der Waals surface area contributed by atoms with Crippen LogP contribution in [0.1, 0.15) is 19.5 Å². The van der Waals surface area contributed by atoms with Crippen LogP contribution in [0.15, 0.2) is 4.79 Å². The number of ether oxygens (including phenoxy) is 1. The minimum absolute atomic E-state index is 0.0544. The van der Waals surface area contributed by atoms with Crippen molar-refractivity contribution in [2.45, 2.75) is 26.9 Å². The van der Waals surface area contributed by atoms with Crippen LogP contribution in [0.5, 0.6) is 5.88 Å². The first-order valence-electron chi connectivity index (χ1n) is 5.57. The standard InChI is InChI=1S/C11H15N5O2/c1-5(2)18-9-7-8(14-11(12)15-9)16(4)10(17)6(3)13-7/h5H,1-4H3,(H2,12,14,15). The van der Waals surface area contributed by atoms with E-state index < -0.39 is 0 Å². The van der Waals surface area contributed by atoms with Gasteiger partial charge in [0.05, 0.1) is 6.10 Å². The minimum Gasteiger partial charge on any atom is -0.473 e. The number of nitrogen functional groups attached to an aromatic ring is 1. The molecule has 0 aromatic carbocycles. The molecule has 2 N–H and O–H groups in total. The first kappa shape index (κ1) is 12.3. The maximum Gasteiger partial charge on any atom is 0.273 e. The molecule has 2 aromatic heterocycles. The highest BCUT2D eigenvalue weighted by molar-refractivity contribution is 5.77. The molecule has 0 spiro atoms. The van der Waals surface area contributed by atoms with E-state index in [-0.39, 0.29) is 17.6 Å². The second-order valence-electron chi connectivity index (χ2n) is 4.29. The lowest BCUT2D eigenvalue weighted by molar-refractivity contribution is 0.235. The number of aromatic nitrogens is 4. The SMILES string of the molecule is Cc1nc2c(OC(C)C)nc(N)nc2n(C)c1=O. The Kier molecular flexibility index (Phi) is 2.90. The molecular formula is C11H15N5O2. The van der Waals surface area contributed by atoms with Crippen molar-refractivity contribution < 1.29 is 4.74 Å². The van der Waals surface area contributed by atoms with E-state index in [9.17, 15) is 4.79 Å². The molecule has 0 radical (unpaired) electrons. The predicted octanol–water partition coefficient (Wildman–Crippen LogP) is 0.401. The molecule has 0 aliphatic heterocycles. The van der Waals surface area contributed by atoms with Crippen LogP contribution in [0.3, 0.4) is 0 Å². The molecule has 0 amide bonds. The van der Waals surface area contributed by atoms with E-state index in [4.69, 9.17) is 10.5 Å². The summed E-state index contributed by atoms with van der Waals surface area (Å²) in [5.74, 6) is 0.352. The van der Waals surface area contributed by atoms with Crippen molar-refractivity contribution in [1.82, 2.24) is 19.5 Å². The van der Waals surface area contributed by atoms with Gasteiger partial charge < -0.3 is 10.5 Å². The van der Waals surface area contributed by atoms with Gasteiger partial charge in [0, 0.05) is 7.05 Å². The van der Waals surface area contributed by atoms with Gasteiger partial charge in [-0.15, -0.1) is 0 Å². The molecule has 0 saturated heterocycles. The molecule has 7 nitrogen and oxygen atoms in total. The molecular weight excluding hydrogens is 234 g/mol. The highest BCUT2D eigenvalue weighted by Crippen LogP contribution is 2.21. The Hall–Kier alpha value is -2.18. The zero-order valence-electron chi connectivity index (χ0n) is 10.8. The molecule has 0 bridgehead atoms. The predicted molar refractivity (Wildman–Crippen MR) is 67.5 cm³/mol. The highest BCUT2D eigenvalue weighted by Gasteiger charge is 2.15. The number of fused-ring (bicyclic) bond motifs is 1. The van der Waals surface area contributed by atoms with E-state index in [1.165, 1.54) is 4.57 Å². The summed E-state index contributed by atoms with van der Waals surface area (Å²) in [6.07, 6.45) is -0.0677. The number of nitrogens with zero attached hydrogens (tertiary/aromatic N) is 4. The first-order chi connectivity index (χ1) is 8.40. The summed E-state index contributed by atoms with van der Waals surface area (Å²) < 4.78 is 6.94. The summed E-state index contributed by atoms with van der Waals surface area (Å²) in [4.78, 5) is 24.0. The largest absolute Gasteiger partial charge is 0.473 e. The number of nitrogens with two attached hydrogens (primary N) is 1. The topological polar surface area (TPSA) is 95.9 Å². The van der Waals surface area contributed by atoms with Crippen LogP contribution in [-0.2, 0) is 7.05 Å². The number of hydrogen-bond acceptors (Lipinski definition) is 6. The van der Waals surface area contributed by atoms with Crippen molar-refractivity contribution in [3.8, 4) is 5.88 Å². The molecule has 2 heterocycles. The van der Waals surface area contributed by atoms with Crippen LogP contribution in [0.25, 0.3) is 11.2 Å². The van der Waals surface area contributed by atoms with Crippen LogP contribution in [0, 0.1) is 6.92 Å². The lowest BCUT2D eigenvalue weighted by Crippen LogP contribution is -2.23. The summed E-state index contributed by atoms with van der Waals surface area (Å²) in [5, 5.41) is 0. The number of aryl methyl sites for hydroxylation is 2. The van der Waals surface area contributed by atoms with E-state index in [1.54, 1.807) is 14.0 Å². The number of rotatable bonds is 2. The fraction of sp³-hybridized carbons (Fsp3) is 0.455. The lowest BCUT2D eigenvalue weighted by Gasteiger charge is -2.12. The van der Waals surface area contributed by atoms with Gasteiger partial charge in [0.1, 0.15) is 5.69 Å². The van der Waals surface area contributed by atoms with E-state index in [0.717, 1.165) is 0 Å². The average Bonchev–Trinajstić information content (AvgIpc) is 2.27. The summed E-state index contributed by atoms with van der Waals surface area (Å²) in [6, 6.07) is 0. The van der Waals surface area contributed by atoms with Gasteiger partial charge in [0.2, 0.25) is 11.8 Å². The second kappa shape index (κ2) is 4.25. The monoisotopic (exact) mass is 249 g/mol. The molecule has 0 atom stereocenters. The van der Waals surface area contributed by atoms with E-state index in [2.05, 4.69) is 15.0 Å². The van der Waals surface area contributed by atoms with Gasteiger partial charge in [-0.1, -0.05) is 0 Å². The van der Waals surface area contributed by atoms with Crippen molar-refractivity contribution in [1.29, 1.82) is 0 Å². The Labute approximate surface area is 104 Å². The van der Waals surface area contributed by atoms with Crippen LogP contribution in [-0.4, -0.2) is 25.6 Å². The van der Waals surface area contributed by atoms with Crippen molar-refractivity contribution >= 4 is 17.1 Å². The molecule has 7 heteroatoms. The average molecular weight is 249 g/mol. The van der Waals surface area contributed by atoms with Gasteiger partial charge in [-0.2, -0.15) is 9.97 Å². The molecule has 2 aromatic rings. The molecule has 2 rings (SSSR count). The molecule has 0 fully saturated rings. The Morgan fingerprint density at radius 1 is 1.28 bits per heavy atom. The maximum absolute atomic E-state index is 11.8. The smallest absolute Gasteiger partial charge is 0.273 e. The van der Waals surface area contributed by atoms with E-state index >= 15 is 0 Å². The Bertz CT molecular complexity index is 663. The third-order valence-corrected chi connectivity index (χ3v) is 2.41. The van der Waals surface area contributed by atoms with Crippen LogP contribution in [0.2, 0.25) is 0 Å². The van der Waals surface area contributed by atoms with Crippen molar-refractivity contribution in [3.05, 3.63) is 16.0 Å². The second-order valence-corrected chi connectivity index (χ2v) is 4.29. The van der Waals surface area contributed by atoms with Crippen LogP contribution in [0.4, 0.5) is 5.95 Å². The third-order valence-electron chi connectivity index (χ3n) is 2.41. The molecule has 0 saturated carbocycles. The minimum atomic E-state index is -0.212. The summed E-state index contributed by atoms with van der Waals surface area (Å²) >= 11 is 0. The number of hydrogen-bond donors (Lipinski definition) is 1. The Morgan fingerprint density at radius 2 is 1.94 bits per heavy atom. The van der Waals surface area contributed by atoms with Crippen LogP contribution >= 0.6 is 0 Å². The fourth-order valence-corrected chi connectivity index (χ4v) is 1.63. The van der Waals surface area contributed by atoms with Gasteiger partial charge in [0.15, 0.2) is 11.2 Å². The van der Waals surface area contributed by atoms with Crippen molar-refractivity contribution in [2.75, 3.05) is 5.73 Å². The van der Waals surface area contributed by atoms with Gasteiger partial charge in [-0.05, 0) is 20.8 Å². The Morgan fingerprint density at radius 3 is 2.56 bits per heavy atom.